The molecule has 0 aliphatic rings. The van der Waals surface area contributed by atoms with Gasteiger partial charge in [0.1, 0.15) is 11.5 Å². The van der Waals surface area contributed by atoms with Gasteiger partial charge >= 0.3 is 0 Å². The monoisotopic (exact) mass is 284 g/mol. The van der Waals surface area contributed by atoms with E-state index in [-0.39, 0.29) is 5.41 Å². The highest BCUT2D eigenvalue weighted by molar-refractivity contribution is 5.45. The van der Waals surface area contributed by atoms with Gasteiger partial charge in [-0.2, -0.15) is 0 Å². The fourth-order valence-corrected chi connectivity index (χ4v) is 2.45. The van der Waals surface area contributed by atoms with E-state index in [1.165, 1.54) is 5.56 Å². The Morgan fingerprint density at radius 2 is 1.76 bits per heavy atom. The Morgan fingerprint density at radius 3 is 2.38 bits per heavy atom. The Balaban J connectivity index is 2.49. The zero-order chi connectivity index (χ0) is 15.6. The molecular weight excluding hydrogens is 260 g/mol. The van der Waals surface area contributed by atoms with Crippen LogP contribution in [-0.4, -0.2) is 4.98 Å². The number of aryl methyl sites for hydroxylation is 2. The van der Waals surface area contributed by atoms with E-state index < -0.39 is 0 Å². The quantitative estimate of drug-likeness (QED) is 0.916. The lowest BCUT2D eigenvalue weighted by molar-refractivity contribution is 0.449. The third kappa shape index (κ3) is 3.42. The summed E-state index contributed by atoms with van der Waals surface area (Å²) in [5, 5.41) is 0. The zero-order valence-electron chi connectivity index (χ0n) is 13.5. The number of ether oxygens (including phenoxy) is 1. The summed E-state index contributed by atoms with van der Waals surface area (Å²) in [7, 11) is 0. The molecule has 3 nitrogen and oxygen atoms in total. The standard InChI is InChI=1S/C18H24N2O/c1-12-10-17(14(11-19)13(2)20-12)21-16-9-7-6-8-15(16)18(3,4)5/h6-10H,11,19H2,1-5H3. The maximum atomic E-state index is 6.20. The van der Waals surface area contributed by atoms with Gasteiger partial charge in [-0.3, -0.25) is 4.98 Å². The van der Waals surface area contributed by atoms with Gasteiger partial charge in [0.2, 0.25) is 0 Å². The van der Waals surface area contributed by atoms with Gasteiger partial charge in [-0.25, -0.2) is 0 Å². The molecule has 0 aliphatic carbocycles. The Morgan fingerprint density at radius 1 is 1.10 bits per heavy atom. The molecule has 3 heteroatoms. The molecule has 0 unspecified atom stereocenters. The highest BCUT2D eigenvalue weighted by atomic mass is 16.5. The van der Waals surface area contributed by atoms with E-state index in [0.717, 1.165) is 28.5 Å². The van der Waals surface area contributed by atoms with Gasteiger partial charge in [-0.05, 0) is 25.3 Å². The van der Waals surface area contributed by atoms with Crippen molar-refractivity contribution in [3.8, 4) is 11.5 Å². The molecule has 0 bridgehead atoms. The number of aromatic nitrogens is 1. The summed E-state index contributed by atoms with van der Waals surface area (Å²) in [5.74, 6) is 1.68. The molecule has 0 atom stereocenters. The normalized spacial score (nSPS) is 11.5. The number of para-hydroxylation sites is 1. The molecule has 1 heterocycles. The molecular formula is C18H24N2O. The zero-order valence-corrected chi connectivity index (χ0v) is 13.5. The van der Waals surface area contributed by atoms with E-state index >= 15 is 0 Å². The van der Waals surface area contributed by atoms with Crippen molar-refractivity contribution in [1.29, 1.82) is 0 Å². The molecule has 2 N–H and O–H groups in total. The van der Waals surface area contributed by atoms with Crippen LogP contribution in [0.25, 0.3) is 0 Å². The second-order valence-corrected chi connectivity index (χ2v) is 6.38. The van der Waals surface area contributed by atoms with Crippen molar-refractivity contribution in [3.05, 3.63) is 52.8 Å². The van der Waals surface area contributed by atoms with Crippen LogP contribution in [0.5, 0.6) is 11.5 Å². The molecule has 0 fully saturated rings. The summed E-state index contributed by atoms with van der Waals surface area (Å²) in [4.78, 5) is 4.46. The van der Waals surface area contributed by atoms with Crippen LogP contribution in [0.3, 0.4) is 0 Å². The van der Waals surface area contributed by atoms with Gasteiger partial charge in [0.25, 0.3) is 0 Å². The minimum absolute atomic E-state index is 0.0244. The second-order valence-electron chi connectivity index (χ2n) is 6.38. The Kier molecular flexibility index (Phi) is 4.33. The van der Waals surface area contributed by atoms with Crippen molar-refractivity contribution in [2.75, 3.05) is 0 Å². The number of hydrogen-bond donors (Lipinski definition) is 1. The van der Waals surface area contributed by atoms with Gasteiger partial charge in [-0.1, -0.05) is 39.0 Å². The third-order valence-electron chi connectivity index (χ3n) is 3.54. The first-order valence-corrected chi connectivity index (χ1v) is 7.27. The first-order valence-electron chi connectivity index (χ1n) is 7.27. The van der Waals surface area contributed by atoms with Crippen molar-refractivity contribution >= 4 is 0 Å². The van der Waals surface area contributed by atoms with Crippen molar-refractivity contribution < 1.29 is 4.74 Å². The Bertz CT molecular complexity index is 642. The minimum atomic E-state index is 0.0244. The van der Waals surface area contributed by atoms with Crippen molar-refractivity contribution in [2.45, 2.75) is 46.6 Å². The average Bonchev–Trinajstić information content (AvgIpc) is 2.37. The predicted octanol–water partition coefficient (Wildman–Crippen LogP) is 4.25. The molecule has 0 amide bonds. The molecule has 21 heavy (non-hydrogen) atoms. The highest BCUT2D eigenvalue weighted by Gasteiger charge is 2.19. The molecule has 0 saturated heterocycles. The van der Waals surface area contributed by atoms with E-state index in [1.54, 1.807) is 0 Å². The second kappa shape index (κ2) is 5.86. The fraction of sp³-hybridized carbons (Fsp3) is 0.389. The average molecular weight is 284 g/mol. The molecule has 1 aromatic heterocycles. The van der Waals surface area contributed by atoms with Crippen molar-refractivity contribution in [2.24, 2.45) is 5.73 Å². The van der Waals surface area contributed by atoms with Crippen LogP contribution in [0.1, 0.15) is 43.3 Å². The van der Waals surface area contributed by atoms with Gasteiger partial charge in [0.15, 0.2) is 0 Å². The molecule has 0 aliphatic heterocycles. The van der Waals surface area contributed by atoms with E-state index in [2.05, 4.69) is 31.8 Å². The first-order chi connectivity index (χ1) is 9.82. The maximum absolute atomic E-state index is 6.20. The lowest BCUT2D eigenvalue weighted by Crippen LogP contribution is -2.13. The Labute approximate surface area is 127 Å². The fourth-order valence-electron chi connectivity index (χ4n) is 2.45. The van der Waals surface area contributed by atoms with Crippen LogP contribution in [-0.2, 0) is 12.0 Å². The summed E-state index contributed by atoms with van der Waals surface area (Å²) in [6, 6.07) is 10.1. The summed E-state index contributed by atoms with van der Waals surface area (Å²) in [6.07, 6.45) is 0. The van der Waals surface area contributed by atoms with Crippen LogP contribution in [0.4, 0.5) is 0 Å². The predicted molar refractivity (Wildman–Crippen MR) is 86.8 cm³/mol. The maximum Gasteiger partial charge on any atom is 0.135 e. The van der Waals surface area contributed by atoms with Gasteiger partial charge in [0.05, 0.1) is 0 Å². The summed E-state index contributed by atoms with van der Waals surface area (Å²) in [6.45, 7) is 10.9. The molecule has 0 radical (unpaired) electrons. The smallest absolute Gasteiger partial charge is 0.135 e. The van der Waals surface area contributed by atoms with Gasteiger partial charge in [-0.15, -0.1) is 0 Å². The van der Waals surface area contributed by atoms with Gasteiger partial charge in [0, 0.05) is 35.1 Å². The molecule has 2 rings (SSSR count). The van der Waals surface area contributed by atoms with Crippen molar-refractivity contribution in [3.63, 3.8) is 0 Å². The van der Waals surface area contributed by atoms with E-state index in [9.17, 15) is 0 Å². The lowest BCUT2D eigenvalue weighted by Gasteiger charge is -2.23. The largest absolute Gasteiger partial charge is 0.457 e. The number of rotatable bonds is 3. The number of nitrogens with zero attached hydrogens (tertiary/aromatic N) is 1. The van der Waals surface area contributed by atoms with Gasteiger partial charge < -0.3 is 10.5 Å². The van der Waals surface area contributed by atoms with E-state index in [4.69, 9.17) is 10.5 Å². The van der Waals surface area contributed by atoms with Crippen LogP contribution >= 0.6 is 0 Å². The summed E-state index contributed by atoms with van der Waals surface area (Å²) in [5.41, 5.74) is 9.90. The van der Waals surface area contributed by atoms with Crippen LogP contribution in [0, 0.1) is 13.8 Å². The Hall–Kier alpha value is -1.87. The van der Waals surface area contributed by atoms with E-state index in [1.807, 2.05) is 38.1 Å². The van der Waals surface area contributed by atoms with Crippen LogP contribution < -0.4 is 10.5 Å². The van der Waals surface area contributed by atoms with Crippen LogP contribution in [0.2, 0.25) is 0 Å². The SMILES string of the molecule is Cc1cc(Oc2ccccc2C(C)(C)C)c(CN)c(C)n1. The topological polar surface area (TPSA) is 48.1 Å². The van der Waals surface area contributed by atoms with E-state index in [0.29, 0.717) is 6.54 Å². The minimum Gasteiger partial charge on any atom is -0.457 e. The highest BCUT2D eigenvalue weighted by Crippen LogP contribution is 2.35. The number of benzene rings is 1. The third-order valence-corrected chi connectivity index (χ3v) is 3.54. The number of nitrogens with two attached hydrogens (primary N) is 1. The van der Waals surface area contributed by atoms with Crippen molar-refractivity contribution in [1.82, 2.24) is 4.98 Å². The summed E-state index contributed by atoms with van der Waals surface area (Å²) >= 11 is 0. The molecule has 0 saturated carbocycles. The molecule has 112 valence electrons. The molecule has 1 aromatic carbocycles. The first kappa shape index (κ1) is 15.5. The summed E-state index contributed by atoms with van der Waals surface area (Å²) < 4.78 is 6.20. The van der Waals surface area contributed by atoms with Crippen LogP contribution in [0.15, 0.2) is 30.3 Å². The number of hydrogen-bond acceptors (Lipinski definition) is 3. The lowest BCUT2D eigenvalue weighted by atomic mass is 9.86. The number of pyridine rings is 1. The molecule has 0 spiro atoms. The molecule has 2 aromatic rings.